The van der Waals surface area contributed by atoms with Gasteiger partial charge in [0.1, 0.15) is 0 Å². The molecule has 0 saturated carbocycles. The predicted octanol–water partition coefficient (Wildman–Crippen LogP) is 0.801. The number of imidazole rings is 1. The van der Waals surface area contributed by atoms with Crippen LogP contribution in [-0.2, 0) is 23.2 Å². The molecule has 0 radical (unpaired) electrons. The molecule has 0 aliphatic carbocycles. The van der Waals surface area contributed by atoms with Crippen molar-refractivity contribution in [3.05, 3.63) is 30.9 Å². The summed E-state index contributed by atoms with van der Waals surface area (Å²) in [5.41, 5.74) is 0.949. The molecule has 0 spiro atoms. The molecular weight excluding hydrogens is 256 g/mol. The molecule has 110 valence electrons. The van der Waals surface area contributed by atoms with E-state index in [1.807, 2.05) is 25.5 Å². The topological polar surface area (TPSA) is 58.4 Å². The predicted molar refractivity (Wildman–Crippen MR) is 76.7 cm³/mol. The van der Waals surface area contributed by atoms with Crippen molar-refractivity contribution in [2.75, 3.05) is 13.6 Å². The highest BCUT2D eigenvalue weighted by molar-refractivity contribution is 5.90. The zero-order valence-corrected chi connectivity index (χ0v) is 12.5. The summed E-state index contributed by atoms with van der Waals surface area (Å²) in [5, 5.41) is 0. The van der Waals surface area contributed by atoms with Gasteiger partial charge in [-0.25, -0.2) is 4.98 Å². The second-order valence-electron chi connectivity index (χ2n) is 5.01. The van der Waals surface area contributed by atoms with Gasteiger partial charge in [-0.1, -0.05) is 6.58 Å². The highest BCUT2D eigenvalue weighted by Gasteiger charge is 2.21. The van der Waals surface area contributed by atoms with Crippen LogP contribution in [0, 0.1) is 0 Å². The maximum Gasteiger partial charge on any atom is 0.246 e. The molecule has 0 unspecified atom stereocenters. The van der Waals surface area contributed by atoms with Crippen LogP contribution in [0.3, 0.4) is 0 Å². The van der Waals surface area contributed by atoms with E-state index in [4.69, 9.17) is 0 Å². The van der Waals surface area contributed by atoms with Gasteiger partial charge in [0.25, 0.3) is 0 Å². The standard InChI is InChI=1S/C14H22N4O2/c1-6-13(19)16(4)9-14(20)18(11(2)3)8-12-7-15-10-17(12)5/h6-7,10-11H,1,8-9H2,2-5H3. The van der Waals surface area contributed by atoms with E-state index >= 15 is 0 Å². The largest absolute Gasteiger partial charge is 0.336 e. The van der Waals surface area contributed by atoms with Crippen LogP contribution in [0.25, 0.3) is 0 Å². The fourth-order valence-corrected chi connectivity index (χ4v) is 1.80. The van der Waals surface area contributed by atoms with E-state index in [2.05, 4.69) is 11.6 Å². The summed E-state index contributed by atoms with van der Waals surface area (Å²) in [6, 6.07) is 0.0460. The second kappa shape index (κ2) is 6.88. The quantitative estimate of drug-likeness (QED) is 0.723. The van der Waals surface area contributed by atoms with Gasteiger partial charge in [0.2, 0.25) is 11.8 Å². The van der Waals surface area contributed by atoms with E-state index in [1.165, 1.54) is 11.0 Å². The Morgan fingerprint density at radius 1 is 1.50 bits per heavy atom. The minimum atomic E-state index is -0.261. The van der Waals surface area contributed by atoms with E-state index in [0.29, 0.717) is 6.54 Å². The number of carbonyl (C=O) groups excluding carboxylic acids is 2. The van der Waals surface area contributed by atoms with Crippen molar-refractivity contribution >= 4 is 11.8 Å². The molecule has 1 aromatic rings. The number of aromatic nitrogens is 2. The van der Waals surface area contributed by atoms with Crippen molar-refractivity contribution in [3.63, 3.8) is 0 Å². The molecule has 0 fully saturated rings. The number of carbonyl (C=O) groups is 2. The molecule has 20 heavy (non-hydrogen) atoms. The molecule has 0 saturated heterocycles. The maximum absolute atomic E-state index is 12.3. The lowest BCUT2D eigenvalue weighted by atomic mass is 10.2. The summed E-state index contributed by atoms with van der Waals surface area (Å²) >= 11 is 0. The molecule has 1 heterocycles. The van der Waals surface area contributed by atoms with Crippen LogP contribution in [0.15, 0.2) is 25.2 Å². The van der Waals surface area contributed by atoms with Gasteiger partial charge >= 0.3 is 0 Å². The van der Waals surface area contributed by atoms with E-state index in [1.54, 1.807) is 24.5 Å². The lowest BCUT2D eigenvalue weighted by Gasteiger charge is -2.28. The Bertz CT molecular complexity index is 493. The Labute approximate surface area is 119 Å². The molecular formula is C14H22N4O2. The first-order chi connectivity index (χ1) is 9.36. The molecule has 6 heteroatoms. The zero-order valence-electron chi connectivity index (χ0n) is 12.5. The molecule has 6 nitrogen and oxygen atoms in total. The Morgan fingerprint density at radius 3 is 2.60 bits per heavy atom. The molecule has 0 atom stereocenters. The summed E-state index contributed by atoms with van der Waals surface area (Å²) in [6.45, 7) is 7.83. The third-order valence-corrected chi connectivity index (χ3v) is 3.12. The maximum atomic E-state index is 12.3. The molecule has 2 amide bonds. The number of amides is 2. The van der Waals surface area contributed by atoms with Crippen molar-refractivity contribution in [1.29, 1.82) is 0 Å². The Morgan fingerprint density at radius 2 is 2.15 bits per heavy atom. The zero-order chi connectivity index (χ0) is 15.3. The lowest BCUT2D eigenvalue weighted by Crippen LogP contribution is -2.43. The van der Waals surface area contributed by atoms with E-state index in [0.717, 1.165) is 5.69 Å². The van der Waals surface area contributed by atoms with Gasteiger partial charge < -0.3 is 14.4 Å². The minimum Gasteiger partial charge on any atom is -0.336 e. The van der Waals surface area contributed by atoms with Crippen LogP contribution in [-0.4, -0.2) is 50.8 Å². The SMILES string of the molecule is C=CC(=O)N(C)CC(=O)N(Cc1cncn1C)C(C)C. The van der Waals surface area contributed by atoms with Crippen molar-refractivity contribution in [3.8, 4) is 0 Å². The van der Waals surface area contributed by atoms with Gasteiger partial charge in [0, 0.05) is 26.3 Å². The minimum absolute atomic E-state index is 0.0425. The van der Waals surface area contributed by atoms with Crippen LogP contribution in [0.1, 0.15) is 19.5 Å². The third-order valence-electron chi connectivity index (χ3n) is 3.12. The summed E-state index contributed by atoms with van der Waals surface area (Å²) in [5.74, 6) is -0.360. The normalized spacial score (nSPS) is 10.4. The molecule has 1 rings (SSSR count). The first kappa shape index (κ1) is 15.9. The van der Waals surface area contributed by atoms with Crippen LogP contribution in [0.4, 0.5) is 0 Å². The number of hydrogen-bond acceptors (Lipinski definition) is 3. The highest BCUT2D eigenvalue weighted by atomic mass is 16.2. The molecule has 0 aliphatic rings. The first-order valence-electron chi connectivity index (χ1n) is 6.49. The van der Waals surface area contributed by atoms with Gasteiger partial charge in [-0.2, -0.15) is 0 Å². The van der Waals surface area contributed by atoms with Crippen LogP contribution >= 0.6 is 0 Å². The van der Waals surface area contributed by atoms with Crippen molar-refractivity contribution in [2.45, 2.75) is 26.4 Å². The van der Waals surface area contributed by atoms with Gasteiger partial charge in [-0.05, 0) is 19.9 Å². The summed E-state index contributed by atoms with van der Waals surface area (Å²) < 4.78 is 1.88. The monoisotopic (exact) mass is 278 g/mol. The lowest BCUT2D eigenvalue weighted by molar-refractivity contribution is -0.139. The van der Waals surface area contributed by atoms with Gasteiger partial charge in [0.15, 0.2) is 0 Å². The fourth-order valence-electron chi connectivity index (χ4n) is 1.80. The molecule has 0 aromatic carbocycles. The summed E-state index contributed by atoms with van der Waals surface area (Å²) in [6.07, 6.45) is 4.64. The molecule has 0 bridgehead atoms. The van der Waals surface area contributed by atoms with E-state index in [-0.39, 0.29) is 24.4 Å². The Balaban J connectivity index is 2.76. The number of aryl methyl sites for hydroxylation is 1. The average Bonchev–Trinajstić information content (AvgIpc) is 2.79. The molecule has 0 N–H and O–H groups in total. The van der Waals surface area contributed by atoms with Crippen molar-refractivity contribution in [2.24, 2.45) is 7.05 Å². The van der Waals surface area contributed by atoms with Crippen LogP contribution in [0.2, 0.25) is 0 Å². The molecule has 1 aromatic heterocycles. The summed E-state index contributed by atoms with van der Waals surface area (Å²) in [4.78, 5) is 30.9. The first-order valence-corrected chi connectivity index (χ1v) is 6.49. The fraction of sp³-hybridized carbons (Fsp3) is 0.500. The number of hydrogen-bond donors (Lipinski definition) is 0. The third kappa shape index (κ3) is 3.94. The van der Waals surface area contributed by atoms with Crippen molar-refractivity contribution in [1.82, 2.24) is 19.4 Å². The highest BCUT2D eigenvalue weighted by Crippen LogP contribution is 2.08. The number of rotatable bonds is 6. The van der Waals surface area contributed by atoms with Crippen LogP contribution in [0.5, 0.6) is 0 Å². The van der Waals surface area contributed by atoms with Gasteiger partial charge in [-0.3, -0.25) is 9.59 Å². The van der Waals surface area contributed by atoms with E-state index < -0.39 is 0 Å². The van der Waals surface area contributed by atoms with Crippen molar-refractivity contribution < 1.29 is 9.59 Å². The molecule has 0 aliphatic heterocycles. The smallest absolute Gasteiger partial charge is 0.246 e. The summed E-state index contributed by atoms with van der Waals surface area (Å²) in [7, 11) is 3.48. The Kier molecular flexibility index (Phi) is 5.49. The Hall–Kier alpha value is -2.11. The number of likely N-dealkylation sites (N-methyl/N-ethyl adjacent to an activating group) is 1. The van der Waals surface area contributed by atoms with E-state index in [9.17, 15) is 9.59 Å². The van der Waals surface area contributed by atoms with Gasteiger partial charge in [0.05, 0.1) is 25.1 Å². The number of nitrogens with zero attached hydrogens (tertiary/aromatic N) is 4. The average molecular weight is 278 g/mol. The second-order valence-corrected chi connectivity index (χ2v) is 5.01. The van der Waals surface area contributed by atoms with Gasteiger partial charge in [-0.15, -0.1) is 0 Å². The van der Waals surface area contributed by atoms with Crippen LogP contribution < -0.4 is 0 Å².